The van der Waals surface area contributed by atoms with Gasteiger partial charge in [-0.15, -0.1) is 0 Å². The van der Waals surface area contributed by atoms with E-state index in [1.807, 2.05) is 6.08 Å². The predicted octanol–water partition coefficient (Wildman–Crippen LogP) is 4.42. The molecule has 1 N–H and O–H groups in total. The van der Waals surface area contributed by atoms with Gasteiger partial charge in [0.05, 0.1) is 30.5 Å². The summed E-state index contributed by atoms with van der Waals surface area (Å²) >= 11 is 0. The van der Waals surface area contributed by atoms with Gasteiger partial charge in [0.2, 0.25) is 5.90 Å². The zero-order chi connectivity index (χ0) is 20.7. The average Bonchev–Trinajstić information content (AvgIpc) is 3.12. The molecule has 1 aromatic carbocycles. The van der Waals surface area contributed by atoms with Crippen molar-refractivity contribution in [1.29, 1.82) is 0 Å². The van der Waals surface area contributed by atoms with E-state index in [0.717, 1.165) is 31.9 Å². The minimum atomic E-state index is -4.51. The summed E-state index contributed by atoms with van der Waals surface area (Å²) in [5, 5.41) is 3.32. The zero-order valence-corrected chi connectivity index (χ0v) is 16.6. The second-order valence-corrected chi connectivity index (χ2v) is 7.08. The van der Waals surface area contributed by atoms with Gasteiger partial charge in [0.1, 0.15) is 5.75 Å². The van der Waals surface area contributed by atoms with Gasteiger partial charge in [0, 0.05) is 25.7 Å². The molecule has 0 unspecified atom stereocenters. The van der Waals surface area contributed by atoms with Crippen molar-refractivity contribution in [3.8, 4) is 5.75 Å². The van der Waals surface area contributed by atoms with Gasteiger partial charge in [0.15, 0.2) is 0 Å². The molecule has 8 heteroatoms. The number of nitrogens with one attached hydrogen (secondary N) is 1. The number of hydrogen-bond acceptors (Lipinski definition) is 5. The van der Waals surface area contributed by atoms with Crippen LogP contribution in [0.25, 0.3) is 5.70 Å². The van der Waals surface area contributed by atoms with Crippen LogP contribution in [0.1, 0.15) is 43.2 Å². The third-order valence-electron chi connectivity index (χ3n) is 4.88. The van der Waals surface area contributed by atoms with Gasteiger partial charge in [-0.2, -0.15) is 13.2 Å². The topological polar surface area (TPSA) is 52.1 Å². The third kappa shape index (κ3) is 5.96. The second-order valence-electron chi connectivity index (χ2n) is 7.08. The molecule has 5 nitrogen and oxygen atoms in total. The van der Waals surface area contributed by atoms with Crippen molar-refractivity contribution in [1.82, 2.24) is 5.32 Å². The molecule has 0 aromatic heterocycles. The Balaban J connectivity index is 1.81. The van der Waals surface area contributed by atoms with Gasteiger partial charge in [-0.25, -0.2) is 4.99 Å². The Morgan fingerprint density at radius 2 is 2.07 bits per heavy atom. The molecule has 3 rings (SSSR count). The van der Waals surface area contributed by atoms with Crippen LogP contribution in [0.3, 0.4) is 0 Å². The molecule has 1 saturated heterocycles. The summed E-state index contributed by atoms with van der Waals surface area (Å²) in [6.45, 7) is 2.12. The summed E-state index contributed by atoms with van der Waals surface area (Å²) in [5.41, 5.74) is 0.122. The third-order valence-corrected chi connectivity index (χ3v) is 4.88. The van der Waals surface area contributed by atoms with Crippen LogP contribution in [-0.4, -0.2) is 45.4 Å². The van der Waals surface area contributed by atoms with Crippen LogP contribution in [-0.2, 0) is 15.7 Å². The SMILES string of the molecule is COCCCCOc1ccc(C2=CCCOC([C@@H]3CCCN3)=N2)cc1C(F)(F)F. The monoisotopic (exact) mass is 412 g/mol. The maximum atomic E-state index is 13.6. The number of halogens is 3. The minimum Gasteiger partial charge on any atom is -0.493 e. The van der Waals surface area contributed by atoms with E-state index in [0.29, 0.717) is 43.2 Å². The molecular weight excluding hydrogens is 385 g/mol. The number of ether oxygens (including phenoxy) is 3. The molecular formula is C21H27F3N2O3. The lowest BCUT2D eigenvalue weighted by Gasteiger charge is -2.16. The van der Waals surface area contributed by atoms with Crippen LogP contribution in [0.5, 0.6) is 5.75 Å². The Labute approximate surface area is 168 Å². The number of rotatable bonds is 8. The summed E-state index contributed by atoms with van der Waals surface area (Å²) in [6.07, 6.45) is 1.19. The van der Waals surface area contributed by atoms with Gasteiger partial charge in [-0.05, 0) is 50.4 Å². The fourth-order valence-electron chi connectivity index (χ4n) is 3.38. The summed E-state index contributed by atoms with van der Waals surface area (Å²) in [5.74, 6) is 0.393. The summed E-state index contributed by atoms with van der Waals surface area (Å²) in [7, 11) is 1.59. The Bertz CT molecular complexity index is 741. The van der Waals surface area contributed by atoms with Crippen LogP contribution in [0.15, 0.2) is 29.3 Å². The van der Waals surface area contributed by atoms with Gasteiger partial charge in [-0.1, -0.05) is 6.08 Å². The standard InChI is InChI=1S/C21H27F3N2O3/c1-27-11-2-3-12-28-19-9-8-15(14-16(19)21(22,23)24)17-7-5-13-29-20(26-17)18-6-4-10-25-18/h7-9,14,18,25H,2-6,10-13H2,1H3/t18-/m0/s1. The van der Waals surface area contributed by atoms with E-state index in [1.165, 1.54) is 6.07 Å². The van der Waals surface area contributed by atoms with Crippen LogP contribution in [0.2, 0.25) is 0 Å². The number of nitrogens with zero attached hydrogens (tertiary/aromatic N) is 1. The number of unbranched alkanes of at least 4 members (excludes halogenated alkanes) is 1. The van der Waals surface area contributed by atoms with E-state index < -0.39 is 11.7 Å². The van der Waals surface area contributed by atoms with E-state index in [-0.39, 0.29) is 18.4 Å². The van der Waals surface area contributed by atoms with Gasteiger partial charge in [0.25, 0.3) is 0 Å². The maximum Gasteiger partial charge on any atom is 0.419 e. The van der Waals surface area contributed by atoms with Crippen LogP contribution >= 0.6 is 0 Å². The van der Waals surface area contributed by atoms with Gasteiger partial charge >= 0.3 is 6.18 Å². The number of benzene rings is 1. The second kappa shape index (κ2) is 10.1. The lowest BCUT2D eigenvalue weighted by molar-refractivity contribution is -0.139. The zero-order valence-electron chi connectivity index (χ0n) is 16.6. The fourth-order valence-corrected chi connectivity index (χ4v) is 3.38. The Morgan fingerprint density at radius 1 is 1.24 bits per heavy atom. The van der Waals surface area contributed by atoms with E-state index in [2.05, 4.69) is 10.3 Å². The lowest BCUT2D eigenvalue weighted by atomic mass is 10.1. The molecule has 0 saturated carbocycles. The molecule has 2 heterocycles. The Morgan fingerprint density at radius 3 is 2.79 bits per heavy atom. The van der Waals surface area contributed by atoms with Gasteiger partial charge < -0.3 is 19.5 Å². The van der Waals surface area contributed by atoms with E-state index in [1.54, 1.807) is 13.2 Å². The molecule has 2 aliphatic heterocycles. The van der Waals surface area contributed by atoms with Crippen molar-refractivity contribution in [3.63, 3.8) is 0 Å². The lowest BCUT2D eigenvalue weighted by Crippen LogP contribution is -2.32. The van der Waals surface area contributed by atoms with E-state index in [9.17, 15) is 13.2 Å². The van der Waals surface area contributed by atoms with Crippen molar-refractivity contribution >= 4 is 11.6 Å². The Kier molecular flexibility index (Phi) is 7.55. The van der Waals surface area contributed by atoms with E-state index >= 15 is 0 Å². The quantitative estimate of drug-likeness (QED) is 0.642. The first-order valence-electron chi connectivity index (χ1n) is 9.97. The maximum absolute atomic E-state index is 13.6. The van der Waals surface area contributed by atoms with Gasteiger partial charge in [-0.3, -0.25) is 0 Å². The van der Waals surface area contributed by atoms with Crippen molar-refractivity contribution in [2.24, 2.45) is 4.99 Å². The number of aliphatic imine (C=N–C) groups is 1. The summed E-state index contributed by atoms with van der Waals surface area (Å²) in [6, 6.07) is 4.14. The predicted molar refractivity (Wildman–Crippen MR) is 105 cm³/mol. The van der Waals surface area contributed by atoms with Crippen LogP contribution < -0.4 is 10.1 Å². The van der Waals surface area contributed by atoms with E-state index in [4.69, 9.17) is 14.2 Å². The van der Waals surface area contributed by atoms with Crippen molar-refractivity contribution in [2.75, 3.05) is 33.5 Å². The first-order valence-corrected chi connectivity index (χ1v) is 9.97. The fraction of sp³-hybridized carbons (Fsp3) is 0.571. The molecule has 0 radical (unpaired) electrons. The normalized spacial score (nSPS) is 19.9. The van der Waals surface area contributed by atoms with Crippen LogP contribution in [0, 0.1) is 0 Å². The largest absolute Gasteiger partial charge is 0.493 e. The highest BCUT2D eigenvalue weighted by Gasteiger charge is 2.35. The van der Waals surface area contributed by atoms with Crippen molar-refractivity contribution in [2.45, 2.75) is 44.3 Å². The molecule has 0 aliphatic carbocycles. The molecule has 2 aliphatic rings. The highest BCUT2D eigenvalue weighted by molar-refractivity contribution is 5.88. The summed E-state index contributed by atoms with van der Waals surface area (Å²) in [4.78, 5) is 4.55. The highest BCUT2D eigenvalue weighted by atomic mass is 19.4. The van der Waals surface area contributed by atoms with Crippen molar-refractivity contribution < 1.29 is 27.4 Å². The molecule has 0 spiro atoms. The molecule has 0 amide bonds. The summed E-state index contributed by atoms with van der Waals surface area (Å²) < 4.78 is 57.0. The molecule has 29 heavy (non-hydrogen) atoms. The smallest absolute Gasteiger partial charge is 0.419 e. The molecule has 1 fully saturated rings. The first-order chi connectivity index (χ1) is 14.0. The number of hydrogen-bond donors (Lipinski definition) is 1. The van der Waals surface area contributed by atoms with Crippen LogP contribution in [0.4, 0.5) is 13.2 Å². The number of methoxy groups -OCH3 is 1. The minimum absolute atomic E-state index is 0.0216. The molecule has 1 aromatic rings. The number of alkyl halides is 3. The first kappa shape index (κ1) is 21.6. The van der Waals surface area contributed by atoms with Crippen molar-refractivity contribution in [3.05, 3.63) is 35.4 Å². The molecule has 160 valence electrons. The molecule has 0 bridgehead atoms. The Hall–Kier alpha value is -2.06. The molecule has 1 atom stereocenters. The highest BCUT2D eigenvalue weighted by Crippen LogP contribution is 2.38. The average molecular weight is 412 g/mol.